The number of aliphatic carboxylic acids is 1. The molecule has 5 heteroatoms. The maximum Gasteiger partial charge on any atom is 0.407 e. The van der Waals surface area contributed by atoms with Gasteiger partial charge >= 0.3 is 12.1 Å². The second-order valence-electron chi connectivity index (χ2n) is 6.62. The lowest BCUT2D eigenvalue weighted by Crippen LogP contribution is -2.36. The third-order valence-electron chi connectivity index (χ3n) is 3.32. The summed E-state index contributed by atoms with van der Waals surface area (Å²) in [5.74, 6) is -1.75. The Labute approximate surface area is 138 Å². The van der Waals surface area contributed by atoms with Gasteiger partial charge in [-0.1, -0.05) is 37.6 Å². The van der Waals surface area contributed by atoms with Crippen LogP contribution < -0.4 is 5.32 Å². The molecule has 0 fully saturated rings. The molecular weight excluding hydrogens is 294 g/mol. The molecule has 0 aromatic heterocycles. The van der Waals surface area contributed by atoms with Gasteiger partial charge in [-0.25, -0.2) is 4.79 Å². The molecule has 0 aliphatic rings. The van der Waals surface area contributed by atoms with E-state index in [2.05, 4.69) is 12.2 Å². The molecule has 0 spiro atoms. The zero-order valence-electron chi connectivity index (χ0n) is 14.4. The third-order valence-corrected chi connectivity index (χ3v) is 3.32. The monoisotopic (exact) mass is 321 g/mol. The summed E-state index contributed by atoms with van der Waals surface area (Å²) >= 11 is 0. The van der Waals surface area contributed by atoms with Crippen molar-refractivity contribution in [3.8, 4) is 0 Å². The first-order chi connectivity index (χ1) is 10.7. The van der Waals surface area contributed by atoms with Gasteiger partial charge in [0.1, 0.15) is 5.60 Å². The van der Waals surface area contributed by atoms with Gasteiger partial charge in [0, 0.05) is 6.54 Å². The maximum absolute atomic E-state index is 11.7. The lowest BCUT2D eigenvalue weighted by Gasteiger charge is -2.21. The topological polar surface area (TPSA) is 75.6 Å². The van der Waals surface area contributed by atoms with E-state index >= 15 is 0 Å². The van der Waals surface area contributed by atoms with Crippen LogP contribution in [0.1, 0.15) is 57.6 Å². The van der Waals surface area contributed by atoms with Gasteiger partial charge in [-0.05, 0) is 44.7 Å². The van der Waals surface area contributed by atoms with Crippen molar-refractivity contribution in [3.63, 3.8) is 0 Å². The number of benzene rings is 1. The number of carbonyl (C=O) groups is 2. The van der Waals surface area contributed by atoms with Gasteiger partial charge in [0.15, 0.2) is 0 Å². The molecule has 128 valence electrons. The summed E-state index contributed by atoms with van der Waals surface area (Å²) in [5, 5.41) is 12.0. The predicted molar refractivity (Wildman–Crippen MR) is 89.7 cm³/mol. The van der Waals surface area contributed by atoms with Crippen LogP contribution in [-0.4, -0.2) is 29.3 Å². The van der Waals surface area contributed by atoms with Gasteiger partial charge in [-0.15, -0.1) is 0 Å². The first-order valence-corrected chi connectivity index (χ1v) is 8.01. The van der Waals surface area contributed by atoms with Crippen LogP contribution in [0.15, 0.2) is 24.3 Å². The van der Waals surface area contributed by atoms with Crippen LogP contribution in [-0.2, 0) is 16.0 Å². The minimum absolute atomic E-state index is 0.00147. The Morgan fingerprint density at radius 2 is 2.00 bits per heavy atom. The van der Waals surface area contributed by atoms with Crippen molar-refractivity contribution in [1.29, 1.82) is 0 Å². The van der Waals surface area contributed by atoms with E-state index in [9.17, 15) is 14.7 Å². The summed E-state index contributed by atoms with van der Waals surface area (Å²) in [7, 11) is 0. The fourth-order valence-corrected chi connectivity index (χ4v) is 2.19. The van der Waals surface area contributed by atoms with Crippen LogP contribution in [0.5, 0.6) is 0 Å². The van der Waals surface area contributed by atoms with Crippen molar-refractivity contribution in [3.05, 3.63) is 35.4 Å². The number of carboxylic acid groups (broad SMARTS) is 1. The molecule has 1 aromatic rings. The summed E-state index contributed by atoms with van der Waals surface area (Å²) in [6, 6.07) is 7.55. The van der Waals surface area contributed by atoms with Gasteiger partial charge in [0.25, 0.3) is 0 Å². The van der Waals surface area contributed by atoms with E-state index in [4.69, 9.17) is 4.74 Å². The molecular formula is C18H27NO4. The number of unbranched alkanes of at least 4 members (excludes halogenated alkanes) is 1. The van der Waals surface area contributed by atoms with E-state index in [1.807, 2.05) is 18.2 Å². The summed E-state index contributed by atoms with van der Waals surface area (Å²) in [4.78, 5) is 23.2. The number of rotatable bonds is 7. The molecule has 1 unspecified atom stereocenters. The minimum atomic E-state index is -0.964. The number of amides is 1. The summed E-state index contributed by atoms with van der Waals surface area (Å²) in [6.45, 7) is 7.41. The predicted octanol–water partition coefficient (Wildman–Crippen LogP) is 3.72. The highest BCUT2D eigenvalue weighted by Crippen LogP contribution is 2.18. The smallest absolute Gasteiger partial charge is 0.407 e. The van der Waals surface area contributed by atoms with Crippen molar-refractivity contribution in [1.82, 2.24) is 5.32 Å². The molecule has 0 heterocycles. The normalized spacial score (nSPS) is 12.5. The average Bonchev–Trinajstić information content (AvgIpc) is 2.43. The van der Waals surface area contributed by atoms with Gasteiger partial charge in [-0.2, -0.15) is 0 Å². The Morgan fingerprint density at radius 3 is 2.57 bits per heavy atom. The second kappa shape index (κ2) is 8.56. The standard InChI is InChI=1S/C18H27NO4/c1-5-6-8-13-9-7-10-14(11-13)15(16(20)21)12-19-17(22)23-18(2,3)4/h7,9-11,15H,5-6,8,12H2,1-4H3,(H,19,22)(H,20,21). The number of aryl methyl sites for hydroxylation is 1. The fourth-order valence-electron chi connectivity index (χ4n) is 2.19. The lowest BCUT2D eigenvalue weighted by molar-refractivity contribution is -0.138. The quantitative estimate of drug-likeness (QED) is 0.802. The SMILES string of the molecule is CCCCc1cccc(C(CNC(=O)OC(C)(C)C)C(=O)O)c1. The molecule has 1 amide bonds. The van der Waals surface area contributed by atoms with Crippen molar-refractivity contribution in [2.45, 2.75) is 58.5 Å². The zero-order valence-corrected chi connectivity index (χ0v) is 14.4. The maximum atomic E-state index is 11.7. The first kappa shape index (κ1) is 19.0. The summed E-state index contributed by atoms with van der Waals surface area (Å²) in [6.07, 6.45) is 2.48. The largest absolute Gasteiger partial charge is 0.481 e. The van der Waals surface area contributed by atoms with Crippen LogP contribution in [0.25, 0.3) is 0 Å². The molecule has 0 saturated heterocycles. The highest BCUT2D eigenvalue weighted by molar-refractivity contribution is 5.77. The molecule has 1 atom stereocenters. The number of hydrogen-bond donors (Lipinski definition) is 2. The molecule has 0 saturated carbocycles. The van der Waals surface area contributed by atoms with Gasteiger partial charge in [0.05, 0.1) is 5.92 Å². The highest BCUT2D eigenvalue weighted by Gasteiger charge is 2.23. The fraction of sp³-hybridized carbons (Fsp3) is 0.556. The van der Waals surface area contributed by atoms with Crippen molar-refractivity contribution in [2.75, 3.05) is 6.54 Å². The van der Waals surface area contributed by atoms with Gasteiger partial charge in [-0.3, -0.25) is 4.79 Å². The average molecular weight is 321 g/mol. The van der Waals surface area contributed by atoms with E-state index in [1.165, 1.54) is 0 Å². The number of hydrogen-bond acceptors (Lipinski definition) is 3. The van der Waals surface area contributed by atoms with E-state index in [0.717, 1.165) is 24.8 Å². The number of carboxylic acids is 1. The number of nitrogens with one attached hydrogen (secondary N) is 1. The van der Waals surface area contributed by atoms with E-state index in [-0.39, 0.29) is 6.54 Å². The van der Waals surface area contributed by atoms with Gasteiger partial charge < -0.3 is 15.2 Å². The first-order valence-electron chi connectivity index (χ1n) is 8.01. The van der Waals surface area contributed by atoms with Crippen LogP contribution in [0.3, 0.4) is 0 Å². The third kappa shape index (κ3) is 7.17. The molecule has 0 radical (unpaired) electrons. The van der Waals surface area contributed by atoms with Crippen LogP contribution in [0, 0.1) is 0 Å². The highest BCUT2D eigenvalue weighted by atomic mass is 16.6. The van der Waals surface area contributed by atoms with Gasteiger partial charge in [0.2, 0.25) is 0 Å². The molecule has 1 rings (SSSR count). The van der Waals surface area contributed by atoms with Crippen LogP contribution >= 0.6 is 0 Å². The Morgan fingerprint density at radius 1 is 1.30 bits per heavy atom. The Hall–Kier alpha value is -2.04. The number of alkyl carbamates (subject to hydrolysis) is 1. The van der Waals surface area contributed by atoms with Crippen LogP contribution in [0.4, 0.5) is 4.79 Å². The van der Waals surface area contributed by atoms with Crippen molar-refractivity contribution < 1.29 is 19.4 Å². The Bertz CT molecular complexity index is 534. The zero-order chi connectivity index (χ0) is 17.5. The molecule has 5 nitrogen and oxygen atoms in total. The molecule has 2 N–H and O–H groups in total. The van der Waals surface area contributed by atoms with Crippen molar-refractivity contribution >= 4 is 12.1 Å². The second-order valence-corrected chi connectivity index (χ2v) is 6.62. The number of ether oxygens (including phenoxy) is 1. The van der Waals surface area contributed by atoms with Crippen molar-refractivity contribution in [2.24, 2.45) is 0 Å². The van der Waals surface area contributed by atoms with E-state index in [1.54, 1.807) is 26.8 Å². The Balaban J connectivity index is 2.75. The summed E-state index contributed by atoms with van der Waals surface area (Å²) in [5.41, 5.74) is 1.21. The number of carbonyl (C=O) groups excluding carboxylic acids is 1. The minimum Gasteiger partial charge on any atom is -0.481 e. The van der Waals surface area contributed by atoms with Crippen LogP contribution in [0.2, 0.25) is 0 Å². The summed E-state index contributed by atoms with van der Waals surface area (Å²) < 4.78 is 5.14. The molecule has 1 aromatic carbocycles. The molecule has 0 bridgehead atoms. The molecule has 0 aliphatic heterocycles. The Kier molecular flexibility index (Phi) is 7.07. The lowest BCUT2D eigenvalue weighted by atomic mass is 9.96. The van der Waals surface area contributed by atoms with E-state index < -0.39 is 23.6 Å². The molecule has 0 aliphatic carbocycles. The molecule has 23 heavy (non-hydrogen) atoms. The van der Waals surface area contributed by atoms with E-state index in [0.29, 0.717) is 5.56 Å².